The van der Waals surface area contributed by atoms with E-state index in [0.29, 0.717) is 12.0 Å². The number of aromatic nitrogens is 1. The molecule has 0 spiro atoms. The van der Waals surface area contributed by atoms with Crippen LogP contribution in [0.25, 0.3) is 0 Å². The van der Waals surface area contributed by atoms with Crippen LogP contribution in [0.3, 0.4) is 0 Å². The quantitative estimate of drug-likeness (QED) is 0.895. The Morgan fingerprint density at radius 3 is 2.95 bits per heavy atom. The first-order valence-corrected chi connectivity index (χ1v) is 7.98. The lowest BCUT2D eigenvalue weighted by molar-refractivity contribution is 0.234. The summed E-state index contributed by atoms with van der Waals surface area (Å²) in [6, 6.07) is 0.611. The van der Waals surface area contributed by atoms with Crippen molar-refractivity contribution in [3.63, 3.8) is 0 Å². The highest BCUT2D eigenvalue weighted by atomic mass is 32.1. The molecule has 108 valence electrons. The van der Waals surface area contributed by atoms with Crippen LogP contribution in [0, 0.1) is 5.92 Å². The molecule has 1 aliphatic rings. The van der Waals surface area contributed by atoms with Crippen LogP contribution in [0.1, 0.15) is 25.6 Å². The van der Waals surface area contributed by atoms with Gasteiger partial charge in [0, 0.05) is 43.3 Å². The van der Waals surface area contributed by atoms with E-state index >= 15 is 0 Å². The Hall–Kier alpha value is -0.650. The first-order chi connectivity index (χ1) is 9.06. The Kier molecular flexibility index (Phi) is 5.19. The lowest BCUT2D eigenvalue weighted by Gasteiger charge is -2.37. The standard InChI is InChI=1S/C14H26N4S/c1-11(2)7-15-8-13-9-16-14(19-13)18-6-5-17(4)12(3)10-18/h9,11-12,15H,5-8,10H2,1-4H3. The number of hydrogen-bond donors (Lipinski definition) is 1. The van der Waals surface area contributed by atoms with E-state index in [2.05, 4.69) is 47.9 Å². The summed E-state index contributed by atoms with van der Waals surface area (Å²) in [7, 11) is 2.20. The fraction of sp³-hybridized carbons (Fsp3) is 0.786. The fourth-order valence-electron chi connectivity index (χ4n) is 2.23. The van der Waals surface area contributed by atoms with Gasteiger partial charge in [-0.25, -0.2) is 4.98 Å². The predicted molar refractivity (Wildman–Crippen MR) is 83.0 cm³/mol. The minimum absolute atomic E-state index is 0.611. The molecule has 1 saturated heterocycles. The van der Waals surface area contributed by atoms with Gasteiger partial charge in [-0.1, -0.05) is 13.8 Å². The maximum absolute atomic E-state index is 4.58. The number of thiazole rings is 1. The maximum Gasteiger partial charge on any atom is 0.185 e. The van der Waals surface area contributed by atoms with Crippen LogP contribution in [0.2, 0.25) is 0 Å². The minimum atomic E-state index is 0.611. The van der Waals surface area contributed by atoms with E-state index in [0.717, 1.165) is 32.7 Å². The zero-order valence-electron chi connectivity index (χ0n) is 12.5. The summed E-state index contributed by atoms with van der Waals surface area (Å²) in [6.07, 6.45) is 2.02. The van der Waals surface area contributed by atoms with Gasteiger partial charge in [-0.2, -0.15) is 0 Å². The summed E-state index contributed by atoms with van der Waals surface area (Å²) in [4.78, 5) is 10.7. The van der Waals surface area contributed by atoms with Crippen molar-refractivity contribution in [3.05, 3.63) is 11.1 Å². The highest BCUT2D eigenvalue weighted by Crippen LogP contribution is 2.24. The van der Waals surface area contributed by atoms with Crippen molar-refractivity contribution < 1.29 is 0 Å². The van der Waals surface area contributed by atoms with Gasteiger partial charge in [-0.05, 0) is 26.4 Å². The number of nitrogens with one attached hydrogen (secondary N) is 1. The number of hydrogen-bond acceptors (Lipinski definition) is 5. The molecule has 5 heteroatoms. The normalized spacial score (nSPS) is 21.3. The van der Waals surface area contributed by atoms with E-state index in [-0.39, 0.29) is 0 Å². The second-order valence-corrected chi connectivity index (χ2v) is 7.00. The van der Waals surface area contributed by atoms with Crippen LogP contribution >= 0.6 is 11.3 Å². The SMILES string of the molecule is CC(C)CNCc1cnc(N2CCN(C)C(C)C2)s1. The topological polar surface area (TPSA) is 31.4 Å². The molecule has 19 heavy (non-hydrogen) atoms. The molecule has 0 saturated carbocycles. The molecule has 0 aromatic carbocycles. The van der Waals surface area contributed by atoms with Gasteiger partial charge in [0.1, 0.15) is 0 Å². The van der Waals surface area contributed by atoms with Gasteiger partial charge in [0.2, 0.25) is 0 Å². The first-order valence-electron chi connectivity index (χ1n) is 7.17. The molecule has 4 nitrogen and oxygen atoms in total. The van der Waals surface area contributed by atoms with Gasteiger partial charge in [0.15, 0.2) is 5.13 Å². The third-order valence-electron chi connectivity index (χ3n) is 3.62. The summed E-state index contributed by atoms with van der Waals surface area (Å²) >= 11 is 1.83. The van der Waals surface area contributed by atoms with Crippen molar-refractivity contribution in [2.75, 3.05) is 38.1 Å². The van der Waals surface area contributed by atoms with Crippen molar-refractivity contribution in [2.45, 2.75) is 33.4 Å². The lowest BCUT2D eigenvalue weighted by Crippen LogP contribution is -2.50. The number of piperazine rings is 1. The van der Waals surface area contributed by atoms with Gasteiger partial charge in [0.25, 0.3) is 0 Å². The molecule has 1 N–H and O–H groups in total. The number of rotatable bonds is 5. The van der Waals surface area contributed by atoms with Crippen LogP contribution < -0.4 is 10.2 Å². The summed E-state index contributed by atoms with van der Waals surface area (Å²) in [5.74, 6) is 0.700. The Balaban J connectivity index is 1.86. The van der Waals surface area contributed by atoms with Crippen molar-refractivity contribution in [3.8, 4) is 0 Å². The molecule has 0 amide bonds. The minimum Gasteiger partial charge on any atom is -0.345 e. The van der Waals surface area contributed by atoms with E-state index < -0.39 is 0 Å². The van der Waals surface area contributed by atoms with Crippen molar-refractivity contribution in [1.82, 2.24) is 15.2 Å². The molecule has 1 fully saturated rings. The predicted octanol–water partition coefficient (Wildman–Crippen LogP) is 2.03. The van der Waals surface area contributed by atoms with Gasteiger partial charge >= 0.3 is 0 Å². The van der Waals surface area contributed by atoms with Crippen LogP contribution in [0.15, 0.2) is 6.20 Å². The molecule has 0 radical (unpaired) electrons. The van der Waals surface area contributed by atoms with Crippen molar-refractivity contribution in [1.29, 1.82) is 0 Å². The van der Waals surface area contributed by atoms with Crippen LogP contribution in [0.4, 0.5) is 5.13 Å². The Bertz CT molecular complexity index is 391. The Labute approximate surface area is 120 Å². The summed E-state index contributed by atoms with van der Waals surface area (Å²) in [5, 5.41) is 4.66. The van der Waals surface area contributed by atoms with Gasteiger partial charge in [-0.15, -0.1) is 11.3 Å². The van der Waals surface area contributed by atoms with E-state index in [1.165, 1.54) is 10.0 Å². The van der Waals surface area contributed by atoms with Crippen LogP contribution in [0.5, 0.6) is 0 Å². The van der Waals surface area contributed by atoms with E-state index in [1.54, 1.807) is 0 Å². The average molecular weight is 282 g/mol. The largest absolute Gasteiger partial charge is 0.345 e. The van der Waals surface area contributed by atoms with Crippen LogP contribution in [-0.4, -0.2) is 49.2 Å². The molecule has 0 bridgehead atoms. The van der Waals surface area contributed by atoms with E-state index in [4.69, 9.17) is 0 Å². The maximum atomic E-state index is 4.58. The lowest BCUT2D eigenvalue weighted by atomic mass is 10.2. The first kappa shape index (κ1) is 14.8. The molecular formula is C14H26N4S. The fourth-order valence-corrected chi connectivity index (χ4v) is 3.15. The van der Waals surface area contributed by atoms with Gasteiger partial charge in [0.05, 0.1) is 0 Å². The average Bonchev–Trinajstić information content (AvgIpc) is 2.81. The highest BCUT2D eigenvalue weighted by molar-refractivity contribution is 7.15. The second-order valence-electron chi connectivity index (χ2n) is 5.91. The monoisotopic (exact) mass is 282 g/mol. The van der Waals surface area contributed by atoms with Gasteiger partial charge in [-0.3, -0.25) is 0 Å². The molecular weight excluding hydrogens is 256 g/mol. The molecule has 1 unspecified atom stereocenters. The molecule has 1 aromatic rings. The van der Waals surface area contributed by atoms with E-state index in [1.807, 2.05) is 17.5 Å². The highest BCUT2D eigenvalue weighted by Gasteiger charge is 2.22. The molecule has 1 aliphatic heterocycles. The Morgan fingerprint density at radius 1 is 1.47 bits per heavy atom. The van der Waals surface area contributed by atoms with Crippen molar-refractivity contribution in [2.24, 2.45) is 5.92 Å². The van der Waals surface area contributed by atoms with Crippen LogP contribution in [-0.2, 0) is 6.54 Å². The zero-order chi connectivity index (χ0) is 13.8. The summed E-state index contributed by atoms with van der Waals surface area (Å²) < 4.78 is 0. The van der Waals surface area contributed by atoms with Gasteiger partial charge < -0.3 is 15.1 Å². The summed E-state index contributed by atoms with van der Waals surface area (Å²) in [5.41, 5.74) is 0. The summed E-state index contributed by atoms with van der Waals surface area (Å²) in [6.45, 7) is 12.1. The van der Waals surface area contributed by atoms with E-state index in [9.17, 15) is 0 Å². The third kappa shape index (κ3) is 4.16. The van der Waals surface area contributed by atoms with Crippen molar-refractivity contribution >= 4 is 16.5 Å². The Morgan fingerprint density at radius 2 is 2.26 bits per heavy atom. The smallest absolute Gasteiger partial charge is 0.185 e. The number of likely N-dealkylation sites (N-methyl/N-ethyl adjacent to an activating group) is 1. The zero-order valence-corrected chi connectivity index (χ0v) is 13.3. The second kappa shape index (κ2) is 6.68. The third-order valence-corrected chi connectivity index (χ3v) is 4.68. The number of nitrogens with zero attached hydrogens (tertiary/aromatic N) is 3. The molecule has 2 rings (SSSR count). The molecule has 1 aromatic heterocycles. The molecule has 1 atom stereocenters. The molecule has 0 aliphatic carbocycles. The molecule has 2 heterocycles. The number of anilines is 1.